The summed E-state index contributed by atoms with van der Waals surface area (Å²) in [5, 5.41) is 2.07. The molecule has 4 fully saturated rings. The van der Waals surface area contributed by atoms with Crippen LogP contribution in [0.4, 0.5) is 0 Å². The molecule has 3 nitrogen and oxygen atoms in total. The Balaban J connectivity index is 1.19. The fourth-order valence-electron chi connectivity index (χ4n) is 9.66. The molecule has 4 aliphatic carbocycles. The van der Waals surface area contributed by atoms with Gasteiger partial charge in [0, 0.05) is 30.6 Å². The number of fused-ring (bicyclic) bond motifs is 4. The number of rotatable bonds is 3. The van der Waals surface area contributed by atoms with Crippen molar-refractivity contribution in [2.45, 2.75) is 83.7 Å². The number of likely N-dealkylation sites (N-methyl/N-ethyl adjacent to an activating group) is 1. The van der Waals surface area contributed by atoms with Crippen LogP contribution in [0.1, 0.15) is 70.1 Å². The van der Waals surface area contributed by atoms with E-state index in [-0.39, 0.29) is 5.91 Å². The van der Waals surface area contributed by atoms with Crippen molar-refractivity contribution < 1.29 is 4.79 Å². The molecular formula is C29H42N2OS. The number of hydrogen-bond donors (Lipinski definition) is 0. The van der Waals surface area contributed by atoms with Crippen LogP contribution in [0.5, 0.6) is 0 Å². The Morgan fingerprint density at radius 3 is 2.79 bits per heavy atom. The normalized spacial score (nSPS) is 44.4. The second-order valence-electron chi connectivity index (χ2n) is 12.5. The molecule has 0 N–H and O–H groups in total. The summed E-state index contributed by atoms with van der Waals surface area (Å²) in [5.74, 6) is 3.92. The number of amides is 1. The minimum absolute atomic E-state index is 0.288. The quantitative estimate of drug-likeness (QED) is 0.509. The Hall–Kier alpha value is -1.13. The van der Waals surface area contributed by atoms with Crippen LogP contribution in [0.25, 0.3) is 0 Å². The smallest absolute Gasteiger partial charge is 0.227 e. The third kappa shape index (κ3) is 3.26. The first-order valence-electron chi connectivity index (χ1n) is 13.5. The Kier molecular flexibility index (Phi) is 5.38. The number of likely N-dealkylation sites (tertiary alicyclic amines) is 1. The molecule has 1 amide bonds. The molecule has 1 aromatic heterocycles. The van der Waals surface area contributed by atoms with E-state index in [1.165, 1.54) is 56.4 Å². The second-order valence-corrected chi connectivity index (χ2v) is 13.6. The number of allylic oxidation sites excluding steroid dienone is 1. The summed E-state index contributed by atoms with van der Waals surface area (Å²) >= 11 is 1.70. The highest BCUT2D eigenvalue weighted by atomic mass is 32.1. The molecule has 8 atom stereocenters. The van der Waals surface area contributed by atoms with Crippen molar-refractivity contribution in [3.8, 4) is 0 Å². The largest absolute Gasteiger partial charge is 0.342 e. The van der Waals surface area contributed by atoms with Crippen molar-refractivity contribution >= 4 is 17.2 Å². The molecule has 180 valence electrons. The van der Waals surface area contributed by atoms with Crippen LogP contribution in [0, 0.1) is 34.5 Å². The fraction of sp³-hybridized carbons (Fsp3) is 0.759. The summed E-state index contributed by atoms with van der Waals surface area (Å²) in [4.78, 5) is 18.9. The third-order valence-corrected chi connectivity index (χ3v) is 12.4. The molecule has 1 spiro atoms. The summed E-state index contributed by atoms with van der Waals surface area (Å²) in [5.41, 5.74) is 2.67. The molecule has 1 aromatic rings. The van der Waals surface area contributed by atoms with E-state index in [9.17, 15) is 4.79 Å². The maximum atomic E-state index is 13.0. The molecule has 6 rings (SSSR count). The third-order valence-electron chi connectivity index (χ3n) is 11.5. The van der Waals surface area contributed by atoms with Gasteiger partial charge < -0.3 is 9.80 Å². The zero-order chi connectivity index (χ0) is 23.0. The van der Waals surface area contributed by atoms with Gasteiger partial charge in [-0.1, -0.05) is 24.6 Å². The highest BCUT2D eigenvalue weighted by Crippen LogP contribution is 2.68. The van der Waals surface area contributed by atoms with Gasteiger partial charge in [-0.25, -0.2) is 0 Å². The van der Waals surface area contributed by atoms with Crippen LogP contribution in [-0.2, 0) is 11.2 Å². The highest BCUT2D eigenvalue weighted by molar-refractivity contribution is 7.10. The van der Waals surface area contributed by atoms with E-state index in [0.29, 0.717) is 23.3 Å². The van der Waals surface area contributed by atoms with Crippen molar-refractivity contribution in [1.82, 2.24) is 9.80 Å². The summed E-state index contributed by atoms with van der Waals surface area (Å²) in [6, 6.07) is 5.29. The van der Waals surface area contributed by atoms with Crippen LogP contribution in [0.2, 0.25) is 0 Å². The number of thiophene rings is 1. The van der Waals surface area contributed by atoms with Gasteiger partial charge in [0.15, 0.2) is 0 Å². The number of nitrogens with zero attached hydrogens (tertiary/aromatic N) is 2. The number of hydrogen-bond acceptors (Lipinski definition) is 3. The molecule has 3 saturated carbocycles. The summed E-state index contributed by atoms with van der Waals surface area (Å²) < 4.78 is 0. The molecule has 4 heteroatoms. The number of carbonyl (C=O) groups is 1. The van der Waals surface area contributed by atoms with Crippen molar-refractivity contribution in [2.75, 3.05) is 20.6 Å². The standard InChI is InChI=1S/C29H42N2OS/c1-19-24-9-10-26-23-8-7-20-16-21(31(4)27(32)17-22-6-5-15-33-22)11-13-28(20,2)25(23)12-14-29(24,26)18-30(19)3/h5-7,15,19,21,23-26H,8-14,16-18H2,1-4H3/t19-,21-,23+,24+,25-,26-,28-,29-/m0/s1. The summed E-state index contributed by atoms with van der Waals surface area (Å²) in [7, 11) is 4.43. The molecule has 0 aromatic carbocycles. The predicted octanol–water partition coefficient (Wildman–Crippen LogP) is 6.01. The average molecular weight is 467 g/mol. The molecule has 2 heterocycles. The van der Waals surface area contributed by atoms with Gasteiger partial charge >= 0.3 is 0 Å². The minimum Gasteiger partial charge on any atom is -0.342 e. The molecule has 5 aliphatic rings. The van der Waals surface area contributed by atoms with Gasteiger partial charge in [0.2, 0.25) is 5.91 Å². The highest BCUT2D eigenvalue weighted by Gasteiger charge is 2.64. The second kappa shape index (κ2) is 7.95. The lowest BCUT2D eigenvalue weighted by atomic mass is 9.47. The van der Waals surface area contributed by atoms with Crippen molar-refractivity contribution in [3.63, 3.8) is 0 Å². The first-order valence-corrected chi connectivity index (χ1v) is 14.4. The molecule has 0 unspecified atom stereocenters. The topological polar surface area (TPSA) is 23.6 Å². The van der Waals surface area contributed by atoms with E-state index < -0.39 is 0 Å². The van der Waals surface area contributed by atoms with E-state index in [4.69, 9.17) is 0 Å². The van der Waals surface area contributed by atoms with Crippen molar-refractivity contribution in [1.29, 1.82) is 0 Å². The Labute approximate surface area is 204 Å². The predicted molar refractivity (Wildman–Crippen MR) is 136 cm³/mol. The Bertz CT molecular complexity index is 939. The minimum atomic E-state index is 0.288. The van der Waals surface area contributed by atoms with E-state index in [1.807, 2.05) is 6.07 Å². The van der Waals surface area contributed by atoms with E-state index in [2.05, 4.69) is 55.3 Å². The van der Waals surface area contributed by atoms with Gasteiger partial charge in [0.1, 0.15) is 0 Å². The monoisotopic (exact) mass is 466 g/mol. The van der Waals surface area contributed by atoms with Crippen LogP contribution in [0.3, 0.4) is 0 Å². The zero-order valence-electron chi connectivity index (χ0n) is 21.1. The fourth-order valence-corrected chi connectivity index (χ4v) is 10.4. The van der Waals surface area contributed by atoms with E-state index >= 15 is 0 Å². The van der Waals surface area contributed by atoms with Gasteiger partial charge in [-0.15, -0.1) is 11.3 Å². The SMILES string of the molecule is C[C@H]1[C@H]2CC[C@H]3[C@@H]4CC=C5C[C@@H](N(C)C(=O)Cc6cccs6)CC[C@]5(C)[C@H]4CC[C@]23CN1C. The van der Waals surface area contributed by atoms with Crippen molar-refractivity contribution in [3.05, 3.63) is 34.0 Å². The first kappa shape index (κ1) is 22.3. The van der Waals surface area contributed by atoms with Crippen molar-refractivity contribution in [2.24, 2.45) is 34.5 Å². The molecule has 1 aliphatic heterocycles. The molecule has 0 radical (unpaired) electrons. The van der Waals surface area contributed by atoms with Gasteiger partial charge in [0.25, 0.3) is 0 Å². The van der Waals surface area contributed by atoms with Crippen LogP contribution in [0.15, 0.2) is 29.2 Å². The van der Waals surface area contributed by atoms with Gasteiger partial charge in [-0.05, 0) is 111 Å². The van der Waals surface area contributed by atoms with E-state index in [0.717, 1.165) is 36.1 Å². The van der Waals surface area contributed by atoms with Gasteiger partial charge in [-0.3, -0.25) is 4.79 Å². The first-order chi connectivity index (χ1) is 15.8. The number of carbonyl (C=O) groups excluding carboxylic acids is 1. The Morgan fingerprint density at radius 1 is 1.18 bits per heavy atom. The van der Waals surface area contributed by atoms with E-state index in [1.54, 1.807) is 16.9 Å². The van der Waals surface area contributed by atoms with Crippen LogP contribution < -0.4 is 0 Å². The molecular weight excluding hydrogens is 424 g/mol. The lowest BCUT2D eigenvalue weighted by Gasteiger charge is -2.58. The molecule has 0 bridgehead atoms. The summed E-state index contributed by atoms with van der Waals surface area (Å²) in [6.07, 6.45) is 13.9. The molecule has 33 heavy (non-hydrogen) atoms. The average Bonchev–Trinajstić information content (AvgIpc) is 3.49. The van der Waals surface area contributed by atoms with Crippen LogP contribution in [-0.4, -0.2) is 48.4 Å². The lowest BCUT2D eigenvalue weighted by molar-refractivity contribution is -0.132. The molecule has 1 saturated heterocycles. The summed E-state index contributed by atoms with van der Waals surface area (Å²) in [6.45, 7) is 6.44. The lowest BCUT2D eigenvalue weighted by Crippen LogP contribution is -2.53. The van der Waals surface area contributed by atoms with Gasteiger partial charge in [-0.2, -0.15) is 0 Å². The van der Waals surface area contributed by atoms with Gasteiger partial charge in [0.05, 0.1) is 6.42 Å². The van der Waals surface area contributed by atoms with Crippen LogP contribution >= 0.6 is 11.3 Å². The maximum Gasteiger partial charge on any atom is 0.227 e. The Morgan fingerprint density at radius 2 is 2.00 bits per heavy atom. The zero-order valence-corrected chi connectivity index (χ0v) is 21.9. The maximum absolute atomic E-state index is 13.0.